The van der Waals surface area contributed by atoms with Gasteiger partial charge in [0.2, 0.25) is 5.91 Å². The van der Waals surface area contributed by atoms with Crippen LogP contribution in [-0.2, 0) is 27.9 Å². The van der Waals surface area contributed by atoms with Gasteiger partial charge in [0.15, 0.2) is 0 Å². The molecule has 8 nitrogen and oxygen atoms in total. The van der Waals surface area contributed by atoms with Crippen molar-refractivity contribution in [1.29, 1.82) is 0 Å². The first-order valence-corrected chi connectivity index (χ1v) is 13.8. The SMILES string of the molecule is O=C1CN(Cc2ccccc2)Cc2c(cccc2C(=O)NS(=O)(=O)c2ccccc2)OCCCCCN1. The number of carbonyl (C=O) groups excluding carboxylic acids is 2. The predicted octanol–water partition coefficient (Wildman–Crippen LogP) is 3.49. The smallest absolute Gasteiger partial charge is 0.265 e. The van der Waals surface area contributed by atoms with Gasteiger partial charge in [-0.15, -0.1) is 0 Å². The summed E-state index contributed by atoms with van der Waals surface area (Å²) < 4.78 is 34.0. The summed E-state index contributed by atoms with van der Waals surface area (Å²) in [4.78, 5) is 28.0. The van der Waals surface area contributed by atoms with Gasteiger partial charge < -0.3 is 10.1 Å². The van der Waals surface area contributed by atoms with E-state index < -0.39 is 15.9 Å². The first-order chi connectivity index (χ1) is 17.9. The van der Waals surface area contributed by atoms with Crippen LogP contribution in [0.1, 0.15) is 40.7 Å². The fourth-order valence-corrected chi connectivity index (χ4v) is 5.21. The zero-order valence-electron chi connectivity index (χ0n) is 20.6. The summed E-state index contributed by atoms with van der Waals surface area (Å²) in [5.74, 6) is -0.355. The second-order valence-electron chi connectivity index (χ2n) is 8.92. The Morgan fingerprint density at radius 3 is 2.38 bits per heavy atom. The Morgan fingerprint density at radius 1 is 0.892 bits per heavy atom. The maximum atomic E-state index is 13.3. The van der Waals surface area contributed by atoms with Crippen molar-refractivity contribution in [3.63, 3.8) is 0 Å². The standard InChI is InChI=1S/C28H31N3O5S/c32-27-21-31(19-22-11-4-1-5-12-22)20-25-24(15-10-16-26(25)36-18-9-3-8-17-29-27)28(33)30-37(34,35)23-13-6-2-7-14-23/h1-2,4-7,10-16H,3,8-9,17-21H2,(H,29,32)(H,30,33). The third kappa shape index (κ3) is 7.41. The molecule has 0 aliphatic carbocycles. The number of amides is 2. The number of hydrogen-bond acceptors (Lipinski definition) is 6. The van der Waals surface area contributed by atoms with E-state index in [9.17, 15) is 18.0 Å². The van der Waals surface area contributed by atoms with Crippen LogP contribution in [0.3, 0.4) is 0 Å². The van der Waals surface area contributed by atoms with Gasteiger partial charge in [-0.1, -0.05) is 54.6 Å². The molecule has 37 heavy (non-hydrogen) atoms. The van der Waals surface area contributed by atoms with E-state index in [1.807, 2.05) is 35.2 Å². The Hall–Kier alpha value is -3.69. The summed E-state index contributed by atoms with van der Waals surface area (Å²) in [7, 11) is -4.07. The first kappa shape index (κ1) is 26.4. The van der Waals surface area contributed by atoms with Gasteiger partial charge in [0.05, 0.1) is 18.0 Å². The van der Waals surface area contributed by atoms with Crippen LogP contribution < -0.4 is 14.8 Å². The molecule has 1 heterocycles. The van der Waals surface area contributed by atoms with Crippen LogP contribution in [0.15, 0.2) is 83.8 Å². The molecule has 194 valence electrons. The highest BCUT2D eigenvalue weighted by atomic mass is 32.2. The van der Waals surface area contributed by atoms with Gasteiger partial charge in [-0.05, 0) is 49.1 Å². The van der Waals surface area contributed by atoms with Crippen LogP contribution in [0.2, 0.25) is 0 Å². The quantitative estimate of drug-likeness (QED) is 0.533. The Balaban J connectivity index is 1.68. The summed E-state index contributed by atoms with van der Waals surface area (Å²) in [5, 5.41) is 2.97. The van der Waals surface area contributed by atoms with E-state index in [2.05, 4.69) is 10.0 Å². The van der Waals surface area contributed by atoms with Crippen molar-refractivity contribution in [2.75, 3.05) is 19.7 Å². The molecular formula is C28H31N3O5S. The van der Waals surface area contributed by atoms with Gasteiger partial charge in [0.25, 0.3) is 15.9 Å². The van der Waals surface area contributed by atoms with E-state index in [1.165, 1.54) is 12.1 Å². The van der Waals surface area contributed by atoms with Crippen molar-refractivity contribution < 1.29 is 22.7 Å². The van der Waals surface area contributed by atoms with Gasteiger partial charge in [-0.25, -0.2) is 13.1 Å². The minimum absolute atomic E-state index is 0.00179. The zero-order valence-corrected chi connectivity index (χ0v) is 21.4. The molecule has 0 radical (unpaired) electrons. The van der Waals surface area contributed by atoms with Crippen molar-refractivity contribution in [3.8, 4) is 5.75 Å². The molecule has 2 N–H and O–H groups in total. The molecule has 0 atom stereocenters. The van der Waals surface area contributed by atoms with Crippen molar-refractivity contribution in [2.24, 2.45) is 0 Å². The third-order valence-electron chi connectivity index (χ3n) is 6.06. The summed E-state index contributed by atoms with van der Waals surface area (Å²) >= 11 is 0. The van der Waals surface area contributed by atoms with Crippen LogP contribution in [-0.4, -0.2) is 44.8 Å². The number of nitrogens with one attached hydrogen (secondary N) is 2. The number of nitrogens with zero attached hydrogens (tertiary/aromatic N) is 1. The molecule has 0 aromatic heterocycles. The molecule has 1 aliphatic rings. The number of fused-ring (bicyclic) bond motifs is 1. The van der Waals surface area contributed by atoms with E-state index >= 15 is 0 Å². The first-order valence-electron chi connectivity index (χ1n) is 12.3. The average molecular weight is 522 g/mol. The van der Waals surface area contributed by atoms with Crippen molar-refractivity contribution >= 4 is 21.8 Å². The van der Waals surface area contributed by atoms with Crippen LogP contribution in [0, 0.1) is 0 Å². The Morgan fingerprint density at radius 2 is 1.62 bits per heavy atom. The summed E-state index contributed by atoms with van der Waals surface area (Å²) in [5.41, 5.74) is 1.73. The molecule has 0 spiro atoms. The zero-order chi connectivity index (χ0) is 26.1. The lowest BCUT2D eigenvalue weighted by atomic mass is 10.0. The van der Waals surface area contributed by atoms with E-state index in [4.69, 9.17) is 4.74 Å². The van der Waals surface area contributed by atoms with E-state index in [0.717, 1.165) is 24.8 Å². The fourth-order valence-electron chi connectivity index (χ4n) is 4.22. The van der Waals surface area contributed by atoms with E-state index in [0.29, 0.717) is 31.0 Å². The van der Waals surface area contributed by atoms with Crippen LogP contribution in [0.4, 0.5) is 0 Å². The van der Waals surface area contributed by atoms with Gasteiger partial charge >= 0.3 is 0 Å². The summed E-state index contributed by atoms with van der Waals surface area (Å²) in [6.45, 7) is 1.84. The maximum Gasteiger partial charge on any atom is 0.265 e. The van der Waals surface area contributed by atoms with Gasteiger partial charge in [0.1, 0.15) is 5.75 Å². The maximum absolute atomic E-state index is 13.3. The number of sulfonamides is 1. The average Bonchev–Trinajstić information content (AvgIpc) is 2.90. The number of ether oxygens (including phenoxy) is 1. The summed E-state index contributed by atoms with van der Waals surface area (Å²) in [6, 6.07) is 22.5. The number of rotatable bonds is 5. The normalized spacial score (nSPS) is 15.6. The number of hydrogen-bond donors (Lipinski definition) is 2. The molecule has 3 aromatic rings. The lowest BCUT2D eigenvalue weighted by molar-refractivity contribution is -0.122. The lowest BCUT2D eigenvalue weighted by Gasteiger charge is -2.24. The second-order valence-corrected chi connectivity index (χ2v) is 10.6. The minimum atomic E-state index is -4.07. The Bertz CT molecular complexity index is 1310. The van der Waals surface area contributed by atoms with Crippen LogP contribution in [0.25, 0.3) is 0 Å². The fraction of sp³-hybridized carbons (Fsp3) is 0.286. The highest BCUT2D eigenvalue weighted by Crippen LogP contribution is 2.26. The lowest BCUT2D eigenvalue weighted by Crippen LogP contribution is -2.37. The molecular weight excluding hydrogens is 490 g/mol. The topological polar surface area (TPSA) is 105 Å². The van der Waals surface area contributed by atoms with Crippen LogP contribution in [0.5, 0.6) is 5.75 Å². The molecule has 0 saturated heterocycles. The highest BCUT2D eigenvalue weighted by Gasteiger charge is 2.24. The van der Waals surface area contributed by atoms with Gasteiger partial charge in [-0.2, -0.15) is 0 Å². The Labute approximate surface area is 217 Å². The van der Waals surface area contributed by atoms with Crippen molar-refractivity contribution in [2.45, 2.75) is 37.2 Å². The molecule has 4 rings (SSSR count). The van der Waals surface area contributed by atoms with Crippen molar-refractivity contribution in [1.82, 2.24) is 14.9 Å². The molecule has 1 aliphatic heterocycles. The largest absolute Gasteiger partial charge is 0.493 e. The monoisotopic (exact) mass is 521 g/mol. The molecule has 0 bridgehead atoms. The summed E-state index contributed by atoms with van der Waals surface area (Å²) in [6.07, 6.45) is 2.53. The number of carbonyl (C=O) groups is 2. The predicted molar refractivity (Wildman–Crippen MR) is 140 cm³/mol. The Kier molecular flexibility index (Phi) is 8.92. The molecule has 9 heteroatoms. The van der Waals surface area contributed by atoms with E-state index in [-0.39, 0.29) is 29.5 Å². The molecule has 3 aromatic carbocycles. The second kappa shape index (κ2) is 12.5. The molecule has 0 saturated carbocycles. The molecule has 0 unspecified atom stereocenters. The van der Waals surface area contributed by atoms with Crippen molar-refractivity contribution in [3.05, 3.63) is 95.6 Å². The molecule has 2 amide bonds. The highest BCUT2D eigenvalue weighted by molar-refractivity contribution is 7.90. The number of benzene rings is 3. The van der Waals surface area contributed by atoms with E-state index in [1.54, 1.807) is 36.4 Å². The van der Waals surface area contributed by atoms with Gasteiger partial charge in [0, 0.05) is 30.8 Å². The third-order valence-corrected chi connectivity index (χ3v) is 7.40. The van der Waals surface area contributed by atoms with Gasteiger partial charge in [-0.3, -0.25) is 14.5 Å². The molecule has 0 fully saturated rings. The minimum Gasteiger partial charge on any atom is -0.493 e. The van der Waals surface area contributed by atoms with Crippen LogP contribution >= 0.6 is 0 Å².